The van der Waals surface area contributed by atoms with Gasteiger partial charge in [-0.1, -0.05) is 0 Å². The first-order valence-corrected chi connectivity index (χ1v) is 11.6. The summed E-state index contributed by atoms with van der Waals surface area (Å²) >= 11 is 0. The number of aldehydes is 1. The lowest BCUT2D eigenvalue weighted by Gasteiger charge is -2.28. The van der Waals surface area contributed by atoms with E-state index >= 15 is 0 Å². The lowest BCUT2D eigenvalue weighted by atomic mass is 9.97. The van der Waals surface area contributed by atoms with Crippen LogP contribution in [0.25, 0.3) is 0 Å². The molecule has 0 unspecified atom stereocenters. The number of aliphatic carboxylic acids is 1. The number of hydrogen-bond donors (Lipinski definition) is 8. The molecule has 35 heavy (non-hydrogen) atoms. The van der Waals surface area contributed by atoms with E-state index in [1.807, 2.05) is 0 Å². The van der Waals surface area contributed by atoms with Crippen molar-refractivity contribution in [3.63, 3.8) is 0 Å². The number of carboxylic acids is 1. The van der Waals surface area contributed by atoms with Crippen LogP contribution in [0.4, 0.5) is 0 Å². The maximum atomic E-state index is 12.0. The van der Waals surface area contributed by atoms with Crippen LogP contribution in [0.2, 0.25) is 0 Å². The quantitative estimate of drug-likeness (QED) is 0.0467. The Morgan fingerprint density at radius 2 is 1.46 bits per heavy atom. The Morgan fingerprint density at radius 1 is 0.943 bits per heavy atom. The first-order valence-electron chi connectivity index (χ1n) is 8.87. The van der Waals surface area contributed by atoms with Gasteiger partial charge in [0.15, 0.2) is 24.3 Å². The van der Waals surface area contributed by atoms with Crippen LogP contribution in [0.3, 0.4) is 0 Å². The van der Waals surface area contributed by atoms with Crippen LogP contribution in [0, 0.1) is 0 Å². The average molecular weight is 557 g/mol. The molecule has 204 valence electrons. The van der Waals surface area contributed by atoms with E-state index in [2.05, 4.69) is 12.5 Å². The maximum absolute atomic E-state index is 12.0. The molecular weight excluding hydrogens is 534 g/mol. The van der Waals surface area contributed by atoms with E-state index < -0.39 is 100.0 Å². The topological polar surface area (TPSA) is 332 Å². The zero-order chi connectivity index (χ0) is 27.9. The van der Waals surface area contributed by atoms with Gasteiger partial charge in [0.25, 0.3) is 0 Å². The second-order valence-corrected chi connectivity index (χ2v) is 8.94. The summed E-state index contributed by atoms with van der Waals surface area (Å²) in [6, 6.07) is -2.03. The number of hydrogen-bond acceptors (Lipinski definition) is 17. The number of rotatable bonds is 17. The van der Waals surface area contributed by atoms with Gasteiger partial charge in [0.2, 0.25) is 5.78 Å². The Hall–Kier alpha value is -2.02. The van der Waals surface area contributed by atoms with E-state index in [1.54, 1.807) is 0 Å². The number of aliphatic hydroxyl groups excluding tert-OH is 5. The van der Waals surface area contributed by atoms with Crippen molar-refractivity contribution < 1.29 is 83.8 Å². The van der Waals surface area contributed by atoms with Gasteiger partial charge >= 0.3 is 26.8 Å². The van der Waals surface area contributed by atoms with Crippen LogP contribution >= 0.6 is 0 Å². The first-order chi connectivity index (χ1) is 15.8. The number of carbonyl (C=O) groups excluding carboxylic acids is 3. The van der Waals surface area contributed by atoms with Crippen molar-refractivity contribution in [1.29, 1.82) is 0 Å². The molecule has 0 aliphatic carbocycles. The number of Topliss-reactive ketones (excluding diaryl/α,β-unsaturated/α-hetero) is 2. The third-order valence-corrected chi connectivity index (χ3v) is 5.33. The molecule has 21 heteroatoms. The summed E-state index contributed by atoms with van der Waals surface area (Å²) in [7, 11) is -11.1. The number of ketones is 2. The second kappa shape index (κ2) is 13.3. The van der Waals surface area contributed by atoms with E-state index in [9.17, 15) is 61.5 Å². The molecule has 0 radical (unpaired) electrons. The van der Waals surface area contributed by atoms with Gasteiger partial charge in [-0.05, 0) is 0 Å². The standard InChI is InChI=1S/C14H23NO18S2/c1-4(17)8(19)7(15)10(21)9(20)5(18)3-31-35(29,30)33-13(11(22)12(23)14(24)25)6(2-16)32-34(26,27)28/h2,5-7,9-13,18,20-23H,3,15H2,1H3,(H,24,25)(H,26,27,28)/t5-,6+,7+,9+,10-,11-,12+,13-/m1/s1. The lowest BCUT2D eigenvalue weighted by molar-refractivity contribution is -0.161. The largest absolute Gasteiger partial charge is 0.479 e. The summed E-state index contributed by atoms with van der Waals surface area (Å²) in [4.78, 5) is 44.3. The molecule has 0 aliphatic heterocycles. The third kappa shape index (κ3) is 10.6. The molecule has 0 spiro atoms. The van der Waals surface area contributed by atoms with Gasteiger partial charge in [0.05, 0.1) is 6.61 Å². The summed E-state index contributed by atoms with van der Waals surface area (Å²) in [5.41, 5.74) is 5.24. The number of carbonyl (C=O) groups is 4. The Kier molecular flexibility index (Phi) is 12.6. The highest BCUT2D eigenvalue weighted by molar-refractivity contribution is 7.82. The second-order valence-electron chi connectivity index (χ2n) is 6.65. The molecule has 0 rings (SSSR count). The SMILES string of the molecule is CC(=O)C(=O)[C@H](N)[C@@H](O)[C@@H](O)[C@H](O)COS(=O)(=O)O[C@@H]([C@H](O)[C@H](O)C(=O)O)[C@H](C=O)OS(=O)(=O)O. The highest BCUT2D eigenvalue weighted by atomic mass is 32.3. The smallest absolute Gasteiger partial charge is 0.400 e. The van der Waals surface area contributed by atoms with Crippen LogP contribution in [-0.4, -0.2) is 131 Å². The van der Waals surface area contributed by atoms with Crippen molar-refractivity contribution in [1.82, 2.24) is 0 Å². The molecule has 0 aromatic heterocycles. The van der Waals surface area contributed by atoms with Crippen molar-refractivity contribution in [2.24, 2.45) is 5.73 Å². The highest BCUT2D eigenvalue weighted by Crippen LogP contribution is 2.18. The van der Waals surface area contributed by atoms with Gasteiger partial charge < -0.3 is 41.2 Å². The monoisotopic (exact) mass is 557 g/mol. The summed E-state index contributed by atoms with van der Waals surface area (Å²) in [6.07, 6.45) is -19.1. The Labute approximate surface area is 196 Å². The van der Waals surface area contributed by atoms with Crippen molar-refractivity contribution in [3.8, 4) is 0 Å². The average Bonchev–Trinajstić information content (AvgIpc) is 2.75. The Bertz CT molecular complexity index is 979. The van der Waals surface area contributed by atoms with Gasteiger partial charge in [-0.25, -0.2) is 17.3 Å². The van der Waals surface area contributed by atoms with Gasteiger partial charge in [-0.2, -0.15) is 16.8 Å². The first kappa shape index (κ1) is 33.0. The van der Waals surface area contributed by atoms with Crippen LogP contribution in [0.1, 0.15) is 6.92 Å². The molecule has 0 aromatic rings. The number of aliphatic hydroxyl groups is 5. The van der Waals surface area contributed by atoms with Crippen molar-refractivity contribution in [2.75, 3.05) is 6.61 Å². The molecule has 0 bridgehead atoms. The van der Waals surface area contributed by atoms with Gasteiger partial charge in [-0.15, -0.1) is 0 Å². The molecule has 8 atom stereocenters. The van der Waals surface area contributed by atoms with Crippen LogP contribution in [0.15, 0.2) is 0 Å². The third-order valence-electron chi connectivity index (χ3n) is 3.98. The zero-order valence-electron chi connectivity index (χ0n) is 17.4. The maximum Gasteiger partial charge on any atom is 0.400 e. The molecule has 0 aromatic carbocycles. The lowest BCUT2D eigenvalue weighted by Crippen LogP contribution is -2.54. The molecule has 9 N–H and O–H groups in total. The predicted octanol–water partition coefficient (Wildman–Crippen LogP) is -6.61. The minimum absolute atomic E-state index is 0.561. The van der Waals surface area contributed by atoms with Crippen LogP contribution < -0.4 is 5.73 Å². The van der Waals surface area contributed by atoms with Gasteiger partial charge in [0, 0.05) is 6.92 Å². The molecule has 19 nitrogen and oxygen atoms in total. The summed E-state index contributed by atoms with van der Waals surface area (Å²) in [6.45, 7) is -0.716. The molecule has 0 amide bonds. The highest BCUT2D eigenvalue weighted by Gasteiger charge is 2.43. The minimum Gasteiger partial charge on any atom is -0.479 e. The molecular formula is C14H23NO18S2. The van der Waals surface area contributed by atoms with Crippen molar-refractivity contribution >= 4 is 44.6 Å². The fraction of sp³-hybridized carbons (Fsp3) is 0.714. The van der Waals surface area contributed by atoms with Gasteiger partial charge in [0.1, 0.15) is 36.6 Å². The van der Waals surface area contributed by atoms with E-state index in [-0.39, 0.29) is 0 Å². The number of carboxylic acid groups (broad SMARTS) is 1. The van der Waals surface area contributed by atoms with E-state index in [0.29, 0.717) is 0 Å². The van der Waals surface area contributed by atoms with Crippen LogP contribution in [0.5, 0.6) is 0 Å². The fourth-order valence-corrected chi connectivity index (χ4v) is 3.47. The van der Waals surface area contributed by atoms with Crippen molar-refractivity contribution in [3.05, 3.63) is 0 Å². The fourth-order valence-electron chi connectivity index (χ4n) is 2.17. The summed E-state index contributed by atoms with van der Waals surface area (Å²) in [5, 5.41) is 57.2. The van der Waals surface area contributed by atoms with E-state index in [4.69, 9.17) is 15.4 Å². The Morgan fingerprint density at radius 3 is 1.86 bits per heavy atom. The molecule has 0 aliphatic rings. The predicted molar refractivity (Wildman–Crippen MR) is 104 cm³/mol. The molecule has 0 saturated heterocycles. The molecule has 0 heterocycles. The number of nitrogens with two attached hydrogens (primary N) is 1. The summed E-state index contributed by atoms with van der Waals surface area (Å²) < 4.78 is 66.4. The Balaban J connectivity index is 5.63. The van der Waals surface area contributed by atoms with Crippen molar-refractivity contribution in [2.45, 2.75) is 55.7 Å². The molecule has 0 fully saturated rings. The zero-order valence-corrected chi connectivity index (χ0v) is 19.1. The minimum atomic E-state index is -5.58. The van der Waals surface area contributed by atoms with E-state index in [1.165, 1.54) is 0 Å². The van der Waals surface area contributed by atoms with Gasteiger partial charge in [-0.3, -0.25) is 14.1 Å². The summed E-state index contributed by atoms with van der Waals surface area (Å²) in [5.74, 6) is -4.67. The molecule has 0 saturated carbocycles. The van der Waals surface area contributed by atoms with Crippen LogP contribution in [-0.2, 0) is 52.5 Å². The van der Waals surface area contributed by atoms with E-state index in [0.717, 1.165) is 6.92 Å². The normalized spacial score (nSPS) is 19.4.